The van der Waals surface area contributed by atoms with Crippen LogP contribution in [0, 0.1) is 11.8 Å². The van der Waals surface area contributed by atoms with Gasteiger partial charge in [-0.1, -0.05) is 146 Å². The van der Waals surface area contributed by atoms with Crippen molar-refractivity contribution in [2.75, 3.05) is 4.90 Å². The van der Waals surface area contributed by atoms with Gasteiger partial charge in [-0.15, -0.1) is 0 Å². The van der Waals surface area contributed by atoms with Gasteiger partial charge in [0.05, 0.1) is 22.8 Å². The summed E-state index contributed by atoms with van der Waals surface area (Å²) in [6.07, 6.45) is 16.0. The second-order valence-corrected chi connectivity index (χ2v) is 16.9. The van der Waals surface area contributed by atoms with E-state index in [-0.39, 0.29) is 5.41 Å². The van der Waals surface area contributed by atoms with Crippen LogP contribution in [0.15, 0.2) is 158 Å². The number of hydrogen-bond acceptors (Lipinski definition) is 4. The van der Waals surface area contributed by atoms with Crippen LogP contribution in [0.2, 0.25) is 0 Å². The van der Waals surface area contributed by atoms with Crippen molar-refractivity contribution in [3.8, 4) is 45.0 Å². The van der Waals surface area contributed by atoms with E-state index in [0.29, 0.717) is 11.8 Å². The van der Waals surface area contributed by atoms with Gasteiger partial charge >= 0.3 is 0 Å². The minimum absolute atomic E-state index is 0.132. The van der Waals surface area contributed by atoms with Crippen LogP contribution in [0.3, 0.4) is 0 Å². The molecule has 4 aromatic carbocycles. The van der Waals surface area contributed by atoms with Gasteiger partial charge in [-0.25, -0.2) is 4.98 Å². The highest BCUT2D eigenvalue weighted by Gasteiger charge is 2.46. The molecule has 3 heterocycles. The molecule has 60 heavy (non-hydrogen) atoms. The summed E-state index contributed by atoms with van der Waals surface area (Å²) in [4.78, 5) is 16.9. The van der Waals surface area contributed by atoms with Crippen LogP contribution in [0.5, 0.6) is 0 Å². The Hall–Kier alpha value is -5.87. The fourth-order valence-corrected chi connectivity index (χ4v) is 9.78. The van der Waals surface area contributed by atoms with Crippen molar-refractivity contribution in [2.24, 2.45) is 11.8 Å². The lowest BCUT2D eigenvalue weighted by molar-refractivity contribution is 0.266. The molecule has 1 aliphatic carbocycles. The maximum absolute atomic E-state index is 5.03. The predicted octanol–water partition coefficient (Wildman–Crippen LogP) is 15.8. The summed E-state index contributed by atoms with van der Waals surface area (Å²) in [6.45, 7) is 9.53. The largest absolute Gasteiger partial charge is 0.310 e. The van der Waals surface area contributed by atoms with Crippen molar-refractivity contribution in [3.63, 3.8) is 0 Å². The molecule has 0 aliphatic heterocycles. The zero-order valence-electron chi connectivity index (χ0n) is 36.0. The summed E-state index contributed by atoms with van der Waals surface area (Å²) in [6, 6.07) is 52.9. The van der Waals surface area contributed by atoms with Gasteiger partial charge < -0.3 is 4.90 Å². The Balaban J connectivity index is 1.29. The number of anilines is 3. The third kappa shape index (κ3) is 8.57. The summed E-state index contributed by atoms with van der Waals surface area (Å²) >= 11 is 0. The molecule has 2 atom stereocenters. The van der Waals surface area contributed by atoms with E-state index in [1.54, 1.807) is 0 Å². The van der Waals surface area contributed by atoms with Gasteiger partial charge in [0.15, 0.2) is 0 Å². The van der Waals surface area contributed by atoms with Gasteiger partial charge in [-0.2, -0.15) is 0 Å². The first-order chi connectivity index (χ1) is 29.5. The minimum Gasteiger partial charge on any atom is -0.310 e. The summed E-state index contributed by atoms with van der Waals surface area (Å²) in [7, 11) is 0. The molecule has 7 aromatic rings. The van der Waals surface area contributed by atoms with Crippen molar-refractivity contribution in [1.29, 1.82) is 0 Å². The highest BCUT2D eigenvalue weighted by atomic mass is 15.1. The fraction of sp³-hybridized carbons (Fsp3) is 0.304. The van der Waals surface area contributed by atoms with E-state index in [4.69, 9.17) is 9.97 Å². The van der Waals surface area contributed by atoms with Gasteiger partial charge in [0, 0.05) is 34.9 Å². The predicted molar refractivity (Wildman–Crippen MR) is 253 cm³/mol. The highest BCUT2D eigenvalue weighted by Crippen LogP contribution is 2.58. The molecule has 0 saturated carbocycles. The number of rotatable bonds is 18. The zero-order chi connectivity index (χ0) is 41.3. The van der Waals surface area contributed by atoms with E-state index in [1.165, 1.54) is 96.2 Å². The fourth-order valence-electron chi connectivity index (χ4n) is 9.78. The molecule has 8 rings (SSSR count). The quantitative estimate of drug-likeness (QED) is 0.0868. The third-order valence-electron chi connectivity index (χ3n) is 13.0. The molecule has 0 N–H and O–H groups in total. The Kier molecular flexibility index (Phi) is 13.0. The number of benzene rings is 4. The second kappa shape index (κ2) is 19.0. The van der Waals surface area contributed by atoms with Crippen LogP contribution in [0.1, 0.15) is 103 Å². The molecule has 0 spiro atoms. The summed E-state index contributed by atoms with van der Waals surface area (Å²) in [5.74, 6) is 1.26. The van der Waals surface area contributed by atoms with E-state index in [2.05, 4.69) is 159 Å². The number of para-hydroxylation sites is 2. The van der Waals surface area contributed by atoms with Crippen LogP contribution >= 0.6 is 0 Å². The van der Waals surface area contributed by atoms with Crippen molar-refractivity contribution in [1.82, 2.24) is 15.0 Å². The Morgan fingerprint density at radius 2 is 1.02 bits per heavy atom. The van der Waals surface area contributed by atoms with Crippen molar-refractivity contribution in [3.05, 3.63) is 169 Å². The highest BCUT2D eigenvalue weighted by molar-refractivity contribution is 5.88. The normalized spacial score (nSPS) is 15.3. The Morgan fingerprint density at radius 1 is 0.467 bits per heavy atom. The van der Waals surface area contributed by atoms with Gasteiger partial charge in [-0.3, -0.25) is 9.97 Å². The van der Waals surface area contributed by atoms with E-state index in [1.807, 2.05) is 36.7 Å². The van der Waals surface area contributed by atoms with Crippen LogP contribution in [0.4, 0.5) is 17.1 Å². The topological polar surface area (TPSA) is 41.9 Å². The van der Waals surface area contributed by atoms with Crippen LogP contribution in [-0.4, -0.2) is 15.0 Å². The molecule has 0 saturated heterocycles. The van der Waals surface area contributed by atoms with Gasteiger partial charge in [0.1, 0.15) is 0 Å². The number of nitrogens with zero attached hydrogens (tertiary/aromatic N) is 4. The molecular weight excluding hydrogens is 729 g/mol. The third-order valence-corrected chi connectivity index (χ3v) is 13.0. The maximum atomic E-state index is 5.03. The summed E-state index contributed by atoms with van der Waals surface area (Å²) in [5.41, 5.74) is 15.0. The van der Waals surface area contributed by atoms with Gasteiger partial charge in [0.25, 0.3) is 0 Å². The smallest absolute Gasteiger partial charge is 0.0894 e. The molecule has 0 fully saturated rings. The molecule has 4 heteroatoms. The molecular formula is C56H60N4. The molecule has 0 bridgehead atoms. The molecule has 4 nitrogen and oxygen atoms in total. The average Bonchev–Trinajstić information content (AvgIpc) is 3.57. The van der Waals surface area contributed by atoms with Crippen molar-refractivity contribution < 1.29 is 0 Å². The van der Waals surface area contributed by atoms with Gasteiger partial charge in [0.2, 0.25) is 0 Å². The average molecular weight is 789 g/mol. The van der Waals surface area contributed by atoms with Crippen LogP contribution in [-0.2, 0) is 5.41 Å². The Labute approximate surface area is 358 Å². The number of fused-ring (bicyclic) bond motifs is 3. The first kappa shape index (κ1) is 40.9. The SMILES string of the molecule is CCCCC(CC)CC1(CC(CC)CCCC)c2cc(-c3ccnc(-c4cccc(-c5ccccn5)n4)c3)ccc2-c2ccc(N(c3ccccc3)c3ccccc3)cc21. The second-order valence-electron chi connectivity index (χ2n) is 16.9. The van der Waals surface area contributed by atoms with E-state index >= 15 is 0 Å². The lowest BCUT2D eigenvalue weighted by Gasteiger charge is -2.39. The molecule has 2 unspecified atom stereocenters. The first-order valence-corrected chi connectivity index (χ1v) is 22.6. The van der Waals surface area contributed by atoms with Crippen LogP contribution < -0.4 is 4.90 Å². The molecule has 1 aliphatic rings. The van der Waals surface area contributed by atoms with E-state index in [9.17, 15) is 0 Å². The summed E-state index contributed by atoms with van der Waals surface area (Å²) in [5, 5.41) is 0. The van der Waals surface area contributed by atoms with Crippen LogP contribution in [0.25, 0.3) is 45.0 Å². The number of pyridine rings is 3. The summed E-state index contributed by atoms with van der Waals surface area (Å²) < 4.78 is 0. The number of unbranched alkanes of at least 4 members (excludes halogenated alkanes) is 2. The molecule has 0 amide bonds. The minimum atomic E-state index is -0.132. The standard InChI is InChI=1S/C56H60N4/c1-5-9-20-41(7-3)39-56(40-42(8-4)21-10-6-2)50-36-43(44-33-35-58-55(37-44)54-28-19-27-53(59-54)52-26-17-18-34-57-52)29-31-48(50)49-32-30-47(38-51(49)56)60(45-22-13-11-14-23-45)46-24-15-12-16-25-46/h11-19,22-38,41-42H,5-10,20-21,39-40H2,1-4H3. The lowest BCUT2D eigenvalue weighted by Crippen LogP contribution is -2.32. The zero-order valence-corrected chi connectivity index (χ0v) is 36.0. The maximum Gasteiger partial charge on any atom is 0.0894 e. The lowest BCUT2D eigenvalue weighted by atomic mass is 9.65. The first-order valence-electron chi connectivity index (χ1n) is 22.6. The van der Waals surface area contributed by atoms with Crippen molar-refractivity contribution in [2.45, 2.75) is 97.3 Å². The van der Waals surface area contributed by atoms with Gasteiger partial charge in [-0.05, 0) is 137 Å². The molecule has 304 valence electrons. The Morgan fingerprint density at radius 3 is 1.62 bits per heavy atom. The van der Waals surface area contributed by atoms with Crippen molar-refractivity contribution >= 4 is 17.1 Å². The number of hydrogen-bond donors (Lipinski definition) is 0. The van der Waals surface area contributed by atoms with E-state index < -0.39 is 0 Å². The molecule has 3 aromatic heterocycles. The van der Waals surface area contributed by atoms with E-state index in [0.717, 1.165) is 41.2 Å². The number of aromatic nitrogens is 3. The monoisotopic (exact) mass is 788 g/mol. The molecule has 0 radical (unpaired) electrons. The Bertz CT molecular complexity index is 2400.